The van der Waals surface area contributed by atoms with Gasteiger partial charge in [-0.25, -0.2) is 0 Å². The Morgan fingerprint density at radius 3 is 2.41 bits per heavy atom. The summed E-state index contributed by atoms with van der Waals surface area (Å²) in [6.45, 7) is 14.0. The average molecular weight is 511 g/mol. The molecule has 0 spiro atoms. The summed E-state index contributed by atoms with van der Waals surface area (Å²) in [5.41, 5.74) is 2.47. The van der Waals surface area contributed by atoms with Crippen molar-refractivity contribution in [2.75, 3.05) is 90.2 Å². The van der Waals surface area contributed by atoms with Gasteiger partial charge in [0.15, 0.2) is 11.5 Å². The Morgan fingerprint density at radius 1 is 0.865 bits per heavy atom. The Balaban J connectivity index is 1.12. The first-order valence-corrected chi connectivity index (χ1v) is 13.8. The van der Waals surface area contributed by atoms with Crippen molar-refractivity contribution in [3.8, 4) is 11.5 Å². The summed E-state index contributed by atoms with van der Waals surface area (Å²) >= 11 is 0. The zero-order valence-corrected chi connectivity index (χ0v) is 22.1. The number of hydrogen-bond acceptors (Lipinski definition) is 8. The van der Waals surface area contributed by atoms with Gasteiger partial charge in [0.2, 0.25) is 0 Å². The molecule has 8 nitrogen and oxygen atoms in total. The van der Waals surface area contributed by atoms with E-state index >= 15 is 0 Å². The number of rotatable bonds is 10. The number of benzene rings is 2. The molecule has 202 valence electrons. The van der Waals surface area contributed by atoms with Crippen LogP contribution in [0, 0.1) is 0 Å². The van der Waals surface area contributed by atoms with Crippen LogP contribution in [-0.4, -0.2) is 117 Å². The third-order valence-corrected chi connectivity index (χ3v) is 7.72. The van der Waals surface area contributed by atoms with Gasteiger partial charge in [0.1, 0.15) is 6.61 Å². The number of hydrogen-bond donors (Lipinski definition) is 1. The van der Waals surface area contributed by atoms with Crippen LogP contribution in [0.3, 0.4) is 0 Å². The molecular formula is C29H42N4O4. The first-order chi connectivity index (χ1) is 18.2. The van der Waals surface area contributed by atoms with Crippen LogP contribution in [0.4, 0.5) is 5.69 Å². The van der Waals surface area contributed by atoms with Crippen LogP contribution >= 0.6 is 0 Å². The molecule has 5 rings (SSSR count). The minimum Gasteiger partial charge on any atom is -0.490 e. The Hall–Kier alpha value is -2.36. The molecule has 0 bridgehead atoms. The number of β-amino-alcohol motifs (C(OH)–C–C–N with tert-alkyl or cyclic N) is 1. The summed E-state index contributed by atoms with van der Waals surface area (Å²) in [6, 6.07) is 17.1. The van der Waals surface area contributed by atoms with E-state index in [-0.39, 0.29) is 12.1 Å². The highest BCUT2D eigenvalue weighted by Crippen LogP contribution is 2.30. The van der Waals surface area contributed by atoms with Crippen molar-refractivity contribution >= 4 is 5.69 Å². The number of ether oxygens (including phenoxy) is 3. The lowest BCUT2D eigenvalue weighted by molar-refractivity contribution is 0.0321. The summed E-state index contributed by atoms with van der Waals surface area (Å²) < 4.78 is 17.5. The van der Waals surface area contributed by atoms with Crippen molar-refractivity contribution in [1.82, 2.24) is 14.7 Å². The topological polar surface area (TPSA) is 60.9 Å². The van der Waals surface area contributed by atoms with Crippen molar-refractivity contribution in [2.24, 2.45) is 0 Å². The van der Waals surface area contributed by atoms with E-state index in [1.54, 1.807) is 0 Å². The minimum absolute atomic E-state index is 0.187. The monoisotopic (exact) mass is 510 g/mol. The molecule has 3 aliphatic heterocycles. The maximum Gasteiger partial charge on any atom is 0.161 e. The van der Waals surface area contributed by atoms with Gasteiger partial charge in [-0.1, -0.05) is 24.3 Å². The Morgan fingerprint density at radius 2 is 1.65 bits per heavy atom. The quantitative estimate of drug-likeness (QED) is 0.522. The summed E-state index contributed by atoms with van der Waals surface area (Å²) in [6.07, 6.45) is -0.322. The molecule has 0 aliphatic carbocycles. The second-order valence-electron chi connectivity index (χ2n) is 10.2. The zero-order valence-electron chi connectivity index (χ0n) is 22.1. The predicted molar refractivity (Wildman–Crippen MR) is 146 cm³/mol. The van der Waals surface area contributed by atoms with Crippen LogP contribution in [0.2, 0.25) is 0 Å². The Kier molecular flexibility index (Phi) is 9.18. The molecule has 8 heteroatoms. The van der Waals surface area contributed by atoms with Gasteiger partial charge in [-0.3, -0.25) is 14.7 Å². The Labute approximate surface area is 221 Å². The number of aliphatic hydroxyl groups excluding tert-OH is 1. The fourth-order valence-corrected chi connectivity index (χ4v) is 5.69. The lowest BCUT2D eigenvalue weighted by atomic mass is 10.1. The molecule has 1 N–H and O–H groups in total. The van der Waals surface area contributed by atoms with Crippen LogP contribution in [0.25, 0.3) is 0 Å². The van der Waals surface area contributed by atoms with Gasteiger partial charge in [0, 0.05) is 77.2 Å². The van der Waals surface area contributed by atoms with Crippen molar-refractivity contribution < 1.29 is 19.3 Å². The number of para-hydroxylation sites is 1. The molecule has 0 radical (unpaired) electrons. The number of piperazine rings is 1. The molecule has 0 unspecified atom stereocenters. The molecule has 3 saturated heterocycles. The average Bonchev–Trinajstić information content (AvgIpc) is 3.31. The summed E-state index contributed by atoms with van der Waals surface area (Å²) in [5, 5.41) is 10.9. The zero-order chi connectivity index (χ0) is 25.5. The molecule has 3 fully saturated rings. The third kappa shape index (κ3) is 6.94. The van der Waals surface area contributed by atoms with Gasteiger partial charge < -0.3 is 24.2 Å². The molecule has 0 amide bonds. The highest BCUT2D eigenvalue weighted by molar-refractivity contribution is 5.46. The van der Waals surface area contributed by atoms with E-state index in [2.05, 4.69) is 62.1 Å². The van der Waals surface area contributed by atoms with Crippen molar-refractivity contribution in [1.29, 1.82) is 0 Å². The number of nitrogens with zero attached hydrogens (tertiary/aromatic N) is 4. The van der Waals surface area contributed by atoms with Crippen LogP contribution < -0.4 is 14.4 Å². The largest absolute Gasteiger partial charge is 0.490 e. The van der Waals surface area contributed by atoms with Crippen molar-refractivity contribution in [2.45, 2.75) is 25.6 Å². The smallest absolute Gasteiger partial charge is 0.161 e. The first-order valence-electron chi connectivity index (χ1n) is 13.8. The van der Waals surface area contributed by atoms with Crippen LogP contribution in [-0.2, 0) is 11.3 Å². The summed E-state index contributed by atoms with van der Waals surface area (Å²) in [4.78, 5) is 9.65. The van der Waals surface area contributed by atoms with E-state index in [1.165, 1.54) is 11.3 Å². The van der Waals surface area contributed by atoms with Gasteiger partial charge in [-0.2, -0.15) is 0 Å². The first kappa shape index (κ1) is 26.3. The van der Waals surface area contributed by atoms with E-state index in [0.29, 0.717) is 19.8 Å². The molecule has 37 heavy (non-hydrogen) atoms. The van der Waals surface area contributed by atoms with Crippen LogP contribution in [0.1, 0.15) is 12.5 Å². The standard InChI is InChI=1S/C29H42N4O4/c1-2-36-29-20-24(8-9-28(29)37-19-16-30-14-17-35-18-15-30)21-31-22-26(27(34)23-31)33-12-10-32(11-13-33)25-6-4-3-5-7-25/h3-9,20,26-27,34H,2,10-19,21-23H2,1H3/t26-,27-/m0/s1. The second kappa shape index (κ2) is 12.9. The van der Waals surface area contributed by atoms with E-state index in [1.807, 2.05) is 13.0 Å². The van der Waals surface area contributed by atoms with Gasteiger partial charge in [-0.15, -0.1) is 0 Å². The van der Waals surface area contributed by atoms with Crippen molar-refractivity contribution in [3.05, 3.63) is 54.1 Å². The molecule has 2 atom stereocenters. The van der Waals surface area contributed by atoms with Gasteiger partial charge in [0.25, 0.3) is 0 Å². The van der Waals surface area contributed by atoms with E-state index < -0.39 is 0 Å². The number of likely N-dealkylation sites (tertiary alicyclic amines) is 1. The van der Waals surface area contributed by atoms with Gasteiger partial charge in [0.05, 0.1) is 25.9 Å². The third-order valence-electron chi connectivity index (χ3n) is 7.72. The van der Waals surface area contributed by atoms with Gasteiger partial charge >= 0.3 is 0 Å². The number of aliphatic hydroxyl groups is 1. The summed E-state index contributed by atoms with van der Waals surface area (Å²) in [7, 11) is 0. The van der Waals surface area contributed by atoms with E-state index in [9.17, 15) is 5.11 Å². The highest BCUT2D eigenvalue weighted by atomic mass is 16.5. The molecule has 2 aromatic carbocycles. The Bertz CT molecular complexity index is 964. The normalized spacial score (nSPS) is 23.9. The molecule has 0 saturated carbocycles. The lowest BCUT2D eigenvalue weighted by Crippen LogP contribution is -2.53. The maximum atomic E-state index is 10.9. The minimum atomic E-state index is -0.322. The lowest BCUT2D eigenvalue weighted by Gasteiger charge is -2.39. The molecule has 0 aromatic heterocycles. The maximum absolute atomic E-state index is 10.9. The van der Waals surface area contributed by atoms with E-state index in [0.717, 1.165) is 83.6 Å². The SMILES string of the molecule is CCOc1cc(CN2C[C@H](O)[C@@H](N3CCN(c4ccccc4)CC3)C2)ccc1OCCN1CCOCC1. The molecule has 2 aromatic rings. The predicted octanol–water partition coefficient (Wildman–Crippen LogP) is 2.16. The number of morpholine rings is 1. The fourth-order valence-electron chi connectivity index (χ4n) is 5.69. The van der Waals surface area contributed by atoms with Crippen LogP contribution in [0.5, 0.6) is 11.5 Å². The summed E-state index contributed by atoms with van der Waals surface area (Å²) in [5.74, 6) is 1.60. The molecule has 3 heterocycles. The second-order valence-corrected chi connectivity index (χ2v) is 10.2. The van der Waals surface area contributed by atoms with E-state index in [4.69, 9.17) is 14.2 Å². The van der Waals surface area contributed by atoms with Gasteiger partial charge in [-0.05, 0) is 36.8 Å². The fraction of sp³-hybridized carbons (Fsp3) is 0.586. The number of anilines is 1. The molecular weight excluding hydrogens is 468 g/mol. The molecule has 3 aliphatic rings. The van der Waals surface area contributed by atoms with Crippen molar-refractivity contribution in [3.63, 3.8) is 0 Å². The highest BCUT2D eigenvalue weighted by Gasteiger charge is 2.36. The van der Waals surface area contributed by atoms with Crippen LogP contribution in [0.15, 0.2) is 48.5 Å².